The predicted molar refractivity (Wildman–Crippen MR) is 146 cm³/mol. The number of rotatable bonds is 11. The second-order valence-electron chi connectivity index (χ2n) is 11.4. The van der Waals surface area contributed by atoms with Gasteiger partial charge in [-0.1, -0.05) is 61.3 Å². The Labute approximate surface area is 214 Å². The van der Waals surface area contributed by atoms with Crippen molar-refractivity contribution >= 4 is 29.1 Å². The van der Waals surface area contributed by atoms with Crippen molar-refractivity contribution in [1.82, 2.24) is 25.8 Å². The monoisotopic (exact) mass is 497 g/mol. The molecule has 198 valence electrons. The molecule has 0 aromatic rings. The zero-order valence-corrected chi connectivity index (χ0v) is 24.0. The quantitative estimate of drug-likeness (QED) is 0.379. The maximum absolute atomic E-state index is 13.4. The van der Waals surface area contributed by atoms with Crippen molar-refractivity contribution < 1.29 is 9.59 Å². The molecule has 1 aliphatic carbocycles. The lowest BCUT2D eigenvalue weighted by Gasteiger charge is -2.41. The van der Waals surface area contributed by atoms with Crippen LogP contribution in [0.15, 0.2) is 0 Å². The van der Waals surface area contributed by atoms with Crippen LogP contribution in [0.2, 0.25) is 0 Å². The van der Waals surface area contributed by atoms with Gasteiger partial charge >= 0.3 is 0 Å². The van der Waals surface area contributed by atoms with Crippen molar-refractivity contribution in [2.24, 2.45) is 11.3 Å². The molecule has 0 heterocycles. The van der Waals surface area contributed by atoms with Crippen LogP contribution in [-0.2, 0) is 9.59 Å². The smallest absolute Gasteiger partial charge is 0.244 e. The van der Waals surface area contributed by atoms with Crippen LogP contribution in [0.25, 0.3) is 0 Å². The molecule has 4 atom stereocenters. The van der Waals surface area contributed by atoms with Crippen molar-refractivity contribution in [2.75, 3.05) is 27.2 Å². The molecule has 0 aromatic carbocycles. The van der Waals surface area contributed by atoms with Gasteiger partial charge in [0.15, 0.2) is 5.11 Å². The van der Waals surface area contributed by atoms with Crippen LogP contribution in [0, 0.1) is 11.3 Å². The van der Waals surface area contributed by atoms with Gasteiger partial charge in [0.25, 0.3) is 0 Å². The van der Waals surface area contributed by atoms with Crippen molar-refractivity contribution in [3.05, 3.63) is 0 Å². The Bertz CT molecular complexity index is 656. The van der Waals surface area contributed by atoms with E-state index in [1.54, 1.807) is 14.1 Å². The van der Waals surface area contributed by atoms with Crippen molar-refractivity contribution in [1.29, 1.82) is 0 Å². The van der Waals surface area contributed by atoms with E-state index in [-0.39, 0.29) is 29.2 Å². The van der Waals surface area contributed by atoms with E-state index in [0.29, 0.717) is 11.2 Å². The van der Waals surface area contributed by atoms with Gasteiger partial charge in [0.1, 0.15) is 12.1 Å². The highest BCUT2D eigenvalue weighted by Crippen LogP contribution is 2.25. The summed E-state index contributed by atoms with van der Waals surface area (Å²) in [4.78, 5) is 30.1. The fourth-order valence-electron chi connectivity index (χ4n) is 4.78. The average molecular weight is 498 g/mol. The van der Waals surface area contributed by atoms with Crippen molar-refractivity contribution in [2.45, 2.75) is 111 Å². The van der Waals surface area contributed by atoms with E-state index in [2.05, 4.69) is 34.7 Å². The van der Waals surface area contributed by atoms with Gasteiger partial charge < -0.3 is 20.9 Å². The fourth-order valence-corrected chi connectivity index (χ4v) is 5.05. The normalized spacial score (nSPS) is 20.6. The third-order valence-corrected chi connectivity index (χ3v) is 6.85. The number of hydrogen-bond donors (Lipinski definition) is 3. The van der Waals surface area contributed by atoms with Crippen LogP contribution in [0.4, 0.5) is 0 Å². The molecule has 0 saturated heterocycles. The topological polar surface area (TPSA) is 76.7 Å². The van der Waals surface area contributed by atoms with Gasteiger partial charge in [0.2, 0.25) is 11.8 Å². The average Bonchev–Trinajstić information content (AvgIpc) is 2.74. The summed E-state index contributed by atoms with van der Waals surface area (Å²) >= 11 is 5.73. The third kappa shape index (κ3) is 9.33. The summed E-state index contributed by atoms with van der Waals surface area (Å²) in [7, 11) is 3.42. The summed E-state index contributed by atoms with van der Waals surface area (Å²) < 4.78 is 0. The van der Waals surface area contributed by atoms with E-state index >= 15 is 0 Å². The lowest BCUT2D eigenvalue weighted by molar-refractivity contribution is -0.136. The zero-order chi connectivity index (χ0) is 26.1. The number of thiocarbonyl (C=S) groups is 1. The van der Waals surface area contributed by atoms with Crippen LogP contribution in [0.5, 0.6) is 0 Å². The second-order valence-corrected chi connectivity index (χ2v) is 11.8. The second kappa shape index (κ2) is 14.2. The zero-order valence-electron chi connectivity index (χ0n) is 23.2. The van der Waals surface area contributed by atoms with E-state index in [9.17, 15) is 9.59 Å². The molecule has 1 aliphatic rings. The Morgan fingerprint density at radius 3 is 2.03 bits per heavy atom. The Kier molecular flexibility index (Phi) is 12.8. The molecule has 0 aliphatic heterocycles. The number of nitrogens with zero attached hydrogens (tertiary/aromatic N) is 2. The lowest BCUT2D eigenvalue weighted by Crippen LogP contribution is -2.62. The fraction of sp³-hybridized carbons (Fsp3) is 0.885. The van der Waals surface area contributed by atoms with Gasteiger partial charge in [-0.25, -0.2) is 0 Å². The lowest BCUT2D eigenvalue weighted by atomic mass is 9.85. The molecule has 0 spiro atoms. The summed E-state index contributed by atoms with van der Waals surface area (Å²) in [5.74, 6) is -0.325. The Morgan fingerprint density at radius 1 is 1.00 bits per heavy atom. The first-order valence-electron chi connectivity index (χ1n) is 13.2. The minimum atomic E-state index is -0.574. The highest BCUT2D eigenvalue weighted by molar-refractivity contribution is 7.80. The first-order chi connectivity index (χ1) is 15.8. The van der Waals surface area contributed by atoms with Crippen molar-refractivity contribution in [3.8, 4) is 0 Å². The van der Waals surface area contributed by atoms with Crippen LogP contribution < -0.4 is 16.0 Å². The molecular formula is C26H51N5O2S. The SMILES string of the molecule is CCCN(CCC)[C@@H]1CCCC[C@H]1NC(=S)N[C@H](C(=O)N[C@@H](C(=O)N(C)C)C(C)C)C(C)(C)C. The van der Waals surface area contributed by atoms with E-state index in [1.165, 1.54) is 24.2 Å². The standard InChI is InChI=1S/C26H51N5O2S/c1-10-16-31(17-11-2)20-15-13-12-14-19(20)27-25(34)29-22(26(5,6)7)23(32)28-21(18(3)4)24(33)30(8)9/h18-22H,10-17H2,1-9H3,(H,28,32)(H2,27,29,34)/t19-,20-,21-,22-/m1/s1. The molecule has 1 rings (SSSR count). The Morgan fingerprint density at radius 2 is 1.56 bits per heavy atom. The first-order valence-corrected chi connectivity index (χ1v) is 13.6. The molecule has 1 saturated carbocycles. The molecule has 0 bridgehead atoms. The molecule has 1 fully saturated rings. The van der Waals surface area contributed by atoms with Crippen molar-refractivity contribution in [3.63, 3.8) is 0 Å². The highest BCUT2D eigenvalue weighted by atomic mass is 32.1. The molecule has 3 N–H and O–H groups in total. The maximum Gasteiger partial charge on any atom is 0.244 e. The number of nitrogens with one attached hydrogen (secondary N) is 3. The summed E-state index contributed by atoms with van der Waals surface area (Å²) in [6.07, 6.45) is 6.97. The van der Waals surface area contributed by atoms with Gasteiger partial charge in [-0.3, -0.25) is 14.5 Å². The Hall–Kier alpha value is -1.41. The molecular weight excluding hydrogens is 446 g/mol. The van der Waals surface area contributed by atoms with Crippen LogP contribution in [0.1, 0.15) is 87.0 Å². The third-order valence-electron chi connectivity index (χ3n) is 6.61. The van der Waals surface area contributed by atoms with Gasteiger partial charge in [-0.05, 0) is 62.3 Å². The summed E-state index contributed by atoms with van der Waals surface area (Å²) in [6.45, 7) is 16.6. The van der Waals surface area contributed by atoms with Crippen LogP contribution in [0.3, 0.4) is 0 Å². The first kappa shape index (κ1) is 30.6. The molecule has 0 aromatic heterocycles. The molecule has 8 heteroatoms. The van der Waals surface area contributed by atoms with E-state index in [4.69, 9.17) is 12.2 Å². The van der Waals surface area contributed by atoms with Crippen LogP contribution >= 0.6 is 12.2 Å². The number of carbonyl (C=O) groups is 2. The van der Waals surface area contributed by atoms with E-state index in [0.717, 1.165) is 32.4 Å². The number of hydrogen-bond acceptors (Lipinski definition) is 4. The highest BCUT2D eigenvalue weighted by Gasteiger charge is 2.36. The minimum Gasteiger partial charge on any atom is -0.358 e. The molecule has 7 nitrogen and oxygen atoms in total. The molecule has 34 heavy (non-hydrogen) atoms. The van der Waals surface area contributed by atoms with Gasteiger partial charge in [-0.15, -0.1) is 0 Å². The summed E-state index contributed by atoms with van der Waals surface area (Å²) in [6, 6.07) is -0.407. The molecule has 0 radical (unpaired) electrons. The number of likely N-dealkylation sites (N-methyl/N-ethyl adjacent to an activating group) is 1. The predicted octanol–water partition coefficient (Wildman–Crippen LogP) is 3.53. The van der Waals surface area contributed by atoms with Gasteiger partial charge in [0.05, 0.1) is 0 Å². The summed E-state index contributed by atoms with van der Waals surface area (Å²) in [5, 5.41) is 10.4. The molecule has 2 amide bonds. The summed E-state index contributed by atoms with van der Waals surface area (Å²) in [5.41, 5.74) is -0.388. The Balaban J connectivity index is 2.96. The number of amides is 2. The number of carbonyl (C=O) groups excluding carboxylic acids is 2. The van der Waals surface area contributed by atoms with Crippen LogP contribution in [-0.4, -0.2) is 78.1 Å². The van der Waals surface area contributed by atoms with Gasteiger partial charge in [0, 0.05) is 26.2 Å². The maximum atomic E-state index is 13.4. The molecule has 0 unspecified atom stereocenters. The van der Waals surface area contributed by atoms with Gasteiger partial charge in [-0.2, -0.15) is 0 Å². The van der Waals surface area contributed by atoms with E-state index in [1.807, 2.05) is 34.6 Å². The minimum absolute atomic E-state index is 0.0179. The van der Waals surface area contributed by atoms with E-state index < -0.39 is 12.1 Å². The largest absolute Gasteiger partial charge is 0.358 e.